The summed E-state index contributed by atoms with van der Waals surface area (Å²) in [4.78, 5) is 29.1. The number of carbonyl (C=O) groups excluding carboxylic acids is 2. The van der Waals surface area contributed by atoms with Gasteiger partial charge in [-0.05, 0) is 25.5 Å². The molecule has 2 aliphatic rings. The van der Waals surface area contributed by atoms with Crippen molar-refractivity contribution in [3.05, 3.63) is 64.7 Å². The van der Waals surface area contributed by atoms with E-state index in [0.717, 1.165) is 33.7 Å². The van der Waals surface area contributed by atoms with Crippen molar-refractivity contribution < 1.29 is 14.3 Å². The van der Waals surface area contributed by atoms with Gasteiger partial charge in [0.2, 0.25) is 5.91 Å². The standard InChI is InChI=1S/C22H24N2O3S/c1-15-5-4-6-17(11-15)13-23-19-8-7-16(2)12-18(19)22(21(23)26)24(9-10-28-22)20(25)14-27-3/h4-8,11-12H,9-10,13-14H2,1-3H3/t22-/m0/s1. The number of thioether (sulfide) groups is 1. The van der Waals surface area contributed by atoms with E-state index < -0.39 is 4.87 Å². The first kappa shape index (κ1) is 19.0. The Morgan fingerprint density at radius 2 is 1.96 bits per heavy atom. The lowest BCUT2D eigenvalue weighted by Crippen LogP contribution is -2.51. The molecule has 1 spiro atoms. The highest BCUT2D eigenvalue weighted by Gasteiger charge is 2.59. The van der Waals surface area contributed by atoms with Gasteiger partial charge in [-0.3, -0.25) is 9.59 Å². The molecule has 1 saturated heterocycles. The lowest BCUT2D eigenvalue weighted by atomic mass is 10.0. The molecule has 2 aromatic carbocycles. The molecule has 0 N–H and O–H groups in total. The predicted molar refractivity (Wildman–Crippen MR) is 111 cm³/mol. The molecule has 28 heavy (non-hydrogen) atoms. The van der Waals surface area contributed by atoms with Crippen LogP contribution in [0.5, 0.6) is 0 Å². The molecular weight excluding hydrogens is 372 g/mol. The van der Waals surface area contributed by atoms with E-state index in [1.807, 2.05) is 49.1 Å². The van der Waals surface area contributed by atoms with Crippen LogP contribution in [0.2, 0.25) is 0 Å². The van der Waals surface area contributed by atoms with Gasteiger partial charge in [-0.25, -0.2) is 0 Å². The van der Waals surface area contributed by atoms with Crippen molar-refractivity contribution >= 4 is 29.3 Å². The first-order valence-corrected chi connectivity index (χ1v) is 10.4. The number of anilines is 1. The SMILES string of the molecule is COCC(=O)N1CCS[C@@]12C(=O)N(Cc1cccc(C)c1)c1ccc(C)cc12. The maximum absolute atomic E-state index is 13.8. The number of amides is 2. The van der Waals surface area contributed by atoms with Crippen LogP contribution in [-0.2, 0) is 25.7 Å². The van der Waals surface area contributed by atoms with Crippen LogP contribution < -0.4 is 4.90 Å². The summed E-state index contributed by atoms with van der Waals surface area (Å²) in [6, 6.07) is 14.3. The molecule has 2 aromatic rings. The van der Waals surface area contributed by atoms with E-state index in [0.29, 0.717) is 13.1 Å². The summed E-state index contributed by atoms with van der Waals surface area (Å²) in [5, 5.41) is 0. The zero-order valence-corrected chi connectivity index (χ0v) is 17.2. The fraction of sp³-hybridized carbons (Fsp3) is 0.364. The molecule has 2 heterocycles. The monoisotopic (exact) mass is 396 g/mol. The zero-order valence-electron chi connectivity index (χ0n) is 16.4. The van der Waals surface area contributed by atoms with E-state index in [4.69, 9.17) is 4.74 Å². The van der Waals surface area contributed by atoms with Gasteiger partial charge in [-0.15, -0.1) is 11.8 Å². The van der Waals surface area contributed by atoms with Crippen LogP contribution in [0.3, 0.4) is 0 Å². The fourth-order valence-electron chi connectivity index (χ4n) is 4.14. The fourth-order valence-corrected chi connectivity index (χ4v) is 5.61. The number of nitrogens with zero attached hydrogens (tertiary/aromatic N) is 2. The highest BCUT2D eigenvalue weighted by atomic mass is 32.2. The van der Waals surface area contributed by atoms with E-state index in [9.17, 15) is 9.59 Å². The molecule has 0 bridgehead atoms. The van der Waals surface area contributed by atoms with Gasteiger partial charge in [-0.1, -0.05) is 47.5 Å². The van der Waals surface area contributed by atoms with E-state index in [1.165, 1.54) is 7.11 Å². The lowest BCUT2D eigenvalue weighted by molar-refractivity contribution is -0.143. The first-order chi connectivity index (χ1) is 13.5. The summed E-state index contributed by atoms with van der Waals surface area (Å²) in [6.45, 7) is 5.08. The highest BCUT2D eigenvalue weighted by molar-refractivity contribution is 8.01. The molecule has 4 rings (SSSR count). The largest absolute Gasteiger partial charge is 0.375 e. The molecular formula is C22H24N2O3S. The molecule has 1 fully saturated rings. The van der Waals surface area contributed by atoms with Gasteiger partial charge in [0.25, 0.3) is 5.91 Å². The molecule has 0 aromatic heterocycles. The smallest absolute Gasteiger partial charge is 0.268 e. The summed E-state index contributed by atoms with van der Waals surface area (Å²) < 4.78 is 5.08. The number of rotatable bonds is 4. The van der Waals surface area contributed by atoms with Crippen molar-refractivity contribution in [1.82, 2.24) is 4.90 Å². The van der Waals surface area contributed by atoms with Gasteiger partial charge in [0, 0.05) is 25.0 Å². The van der Waals surface area contributed by atoms with E-state index in [1.54, 1.807) is 16.7 Å². The molecule has 6 heteroatoms. The average Bonchev–Trinajstić information content (AvgIpc) is 3.20. The van der Waals surface area contributed by atoms with Gasteiger partial charge >= 0.3 is 0 Å². The number of benzene rings is 2. The second-order valence-corrected chi connectivity index (χ2v) is 8.66. The molecule has 2 aliphatic heterocycles. The normalized spacial score (nSPS) is 20.9. The van der Waals surface area contributed by atoms with Crippen LogP contribution in [-0.4, -0.2) is 42.7 Å². The van der Waals surface area contributed by atoms with Gasteiger partial charge < -0.3 is 14.5 Å². The third kappa shape index (κ3) is 2.91. The Morgan fingerprint density at radius 1 is 1.18 bits per heavy atom. The maximum Gasteiger partial charge on any atom is 0.268 e. The Balaban J connectivity index is 1.80. The quantitative estimate of drug-likeness (QED) is 0.796. The third-order valence-corrected chi connectivity index (χ3v) is 6.76. The Bertz CT molecular complexity index is 945. The number of fused-ring (bicyclic) bond motifs is 2. The molecule has 0 unspecified atom stereocenters. The number of hydrogen-bond acceptors (Lipinski definition) is 4. The minimum absolute atomic E-state index is 0.0192. The lowest BCUT2D eigenvalue weighted by Gasteiger charge is -2.33. The maximum atomic E-state index is 13.8. The molecule has 0 saturated carbocycles. The summed E-state index contributed by atoms with van der Waals surface area (Å²) in [5.41, 5.74) is 5.12. The van der Waals surface area contributed by atoms with Crippen molar-refractivity contribution in [2.45, 2.75) is 25.3 Å². The number of methoxy groups -OCH3 is 1. The number of carbonyl (C=O) groups is 2. The zero-order chi connectivity index (χ0) is 19.9. The van der Waals surface area contributed by atoms with Crippen molar-refractivity contribution in [2.75, 3.05) is 30.9 Å². The van der Waals surface area contributed by atoms with Crippen LogP contribution in [0.1, 0.15) is 22.3 Å². The Hall–Kier alpha value is -2.31. The summed E-state index contributed by atoms with van der Waals surface area (Å²) >= 11 is 1.55. The average molecular weight is 397 g/mol. The first-order valence-electron chi connectivity index (χ1n) is 9.39. The van der Waals surface area contributed by atoms with Crippen LogP contribution in [0.4, 0.5) is 5.69 Å². The van der Waals surface area contributed by atoms with Gasteiger partial charge in [0.05, 0.1) is 12.2 Å². The molecule has 1 atom stereocenters. The molecule has 5 nitrogen and oxygen atoms in total. The summed E-state index contributed by atoms with van der Waals surface area (Å²) in [5.74, 6) is 0.541. The van der Waals surface area contributed by atoms with Crippen molar-refractivity contribution in [3.63, 3.8) is 0 Å². The van der Waals surface area contributed by atoms with E-state index in [-0.39, 0.29) is 18.4 Å². The second-order valence-electron chi connectivity index (χ2n) is 7.37. The Morgan fingerprint density at radius 3 is 2.71 bits per heavy atom. The molecule has 0 aliphatic carbocycles. The van der Waals surface area contributed by atoms with Crippen LogP contribution in [0.25, 0.3) is 0 Å². The third-order valence-electron chi connectivity index (χ3n) is 5.34. The van der Waals surface area contributed by atoms with Gasteiger partial charge in [0.1, 0.15) is 6.61 Å². The van der Waals surface area contributed by atoms with Crippen molar-refractivity contribution in [2.24, 2.45) is 0 Å². The van der Waals surface area contributed by atoms with Gasteiger partial charge in [0.15, 0.2) is 4.87 Å². The van der Waals surface area contributed by atoms with E-state index >= 15 is 0 Å². The Kier molecular flexibility index (Phi) is 4.93. The summed E-state index contributed by atoms with van der Waals surface area (Å²) in [7, 11) is 1.51. The van der Waals surface area contributed by atoms with Crippen LogP contribution in [0, 0.1) is 13.8 Å². The summed E-state index contributed by atoms with van der Waals surface area (Å²) in [6.07, 6.45) is 0. The number of aryl methyl sites for hydroxylation is 2. The van der Waals surface area contributed by atoms with E-state index in [2.05, 4.69) is 12.1 Å². The van der Waals surface area contributed by atoms with Crippen LogP contribution >= 0.6 is 11.8 Å². The molecule has 2 amide bonds. The molecule has 146 valence electrons. The van der Waals surface area contributed by atoms with Crippen LogP contribution in [0.15, 0.2) is 42.5 Å². The minimum atomic E-state index is -0.985. The minimum Gasteiger partial charge on any atom is -0.375 e. The highest BCUT2D eigenvalue weighted by Crippen LogP contribution is 2.54. The topological polar surface area (TPSA) is 49.9 Å². The number of hydrogen-bond donors (Lipinski definition) is 0. The Labute approximate surface area is 169 Å². The predicted octanol–water partition coefficient (Wildman–Crippen LogP) is 3.22. The number of ether oxygens (including phenoxy) is 1. The van der Waals surface area contributed by atoms with Crippen molar-refractivity contribution in [3.8, 4) is 0 Å². The molecule has 0 radical (unpaired) electrons. The van der Waals surface area contributed by atoms with Crippen molar-refractivity contribution in [1.29, 1.82) is 0 Å². The second kappa shape index (κ2) is 7.26. The van der Waals surface area contributed by atoms with Gasteiger partial charge in [-0.2, -0.15) is 0 Å².